The Kier molecular flexibility index (Phi) is 2.52. The van der Waals surface area contributed by atoms with E-state index in [0.717, 1.165) is 19.5 Å². The highest BCUT2D eigenvalue weighted by Gasteiger charge is 2.48. The summed E-state index contributed by atoms with van der Waals surface area (Å²) in [6.07, 6.45) is 0.650. The Morgan fingerprint density at radius 3 is 2.53 bits per heavy atom. The lowest BCUT2D eigenvalue weighted by Crippen LogP contribution is -2.34. The summed E-state index contributed by atoms with van der Waals surface area (Å²) < 4.78 is 12.8. The molecule has 0 aromatic carbocycles. The minimum atomic E-state index is -0.858. The van der Waals surface area contributed by atoms with E-state index in [0.29, 0.717) is 12.3 Å². The van der Waals surface area contributed by atoms with Crippen molar-refractivity contribution in [3.05, 3.63) is 0 Å². The van der Waals surface area contributed by atoms with Crippen molar-refractivity contribution in [3.8, 4) is 0 Å². The van der Waals surface area contributed by atoms with Crippen molar-refractivity contribution in [2.45, 2.75) is 39.8 Å². The number of nitrogens with zero attached hydrogens (tertiary/aromatic N) is 1. The van der Waals surface area contributed by atoms with Gasteiger partial charge in [-0.05, 0) is 24.2 Å². The molecule has 0 bridgehead atoms. The van der Waals surface area contributed by atoms with E-state index in [1.54, 1.807) is 0 Å². The first-order valence-corrected chi connectivity index (χ1v) is 5.87. The molecule has 1 saturated carbocycles. The van der Waals surface area contributed by atoms with E-state index in [4.69, 9.17) is 0 Å². The molecule has 1 saturated heterocycles. The molecule has 1 heterocycles. The molecule has 0 aromatic heterocycles. The third-order valence-electron chi connectivity index (χ3n) is 4.24. The van der Waals surface area contributed by atoms with Crippen LogP contribution in [-0.2, 0) is 4.79 Å². The molecule has 86 valence electrons. The van der Waals surface area contributed by atoms with Crippen molar-refractivity contribution >= 4 is 5.91 Å². The zero-order valence-corrected chi connectivity index (χ0v) is 9.79. The fraction of sp³-hybridized carbons (Fsp3) is 0.917. The van der Waals surface area contributed by atoms with E-state index in [2.05, 4.69) is 20.8 Å². The van der Waals surface area contributed by atoms with Crippen molar-refractivity contribution in [1.82, 2.24) is 4.90 Å². The minimum Gasteiger partial charge on any atom is -0.342 e. The van der Waals surface area contributed by atoms with Gasteiger partial charge in [0.05, 0.1) is 5.92 Å². The molecular weight excluding hydrogens is 193 g/mol. The molecule has 15 heavy (non-hydrogen) atoms. The largest absolute Gasteiger partial charge is 0.342 e. The summed E-state index contributed by atoms with van der Waals surface area (Å²) in [4.78, 5) is 13.7. The molecule has 0 unspecified atom stereocenters. The SMILES string of the molecule is CC(C)[C@@]1(C)CCN(C(=O)[C@H]2C[C@@H]2F)C1. The second-order valence-corrected chi connectivity index (χ2v) is 5.68. The molecule has 2 nitrogen and oxygen atoms in total. The molecule has 1 aliphatic heterocycles. The van der Waals surface area contributed by atoms with Crippen LogP contribution in [0.5, 0.6) is 0 Å². The van der Waals surface area contributed by atoms with Crippen LogP contribution in [0.1, 0.15) is 33.6 Å². The van der Waals surface area contributed by atoms with Gasteiger partial charge in [0.1, 0.15) is 6.17 Å². The second kappa shape index (κ2) is 3.46. The van der Waals surface area contributed by atoms with Gasteiger partial charge in [0.25, 0.3) is 0 Å². The monoisotopic (exact) mass is 213 g/mol. The van der Waals surface area contributed by atoms with Gasteiger partial charge in [-0.2, -0.15) is 0 Å². The summed E-state index contributed by atoms with van der Waals surface area (Å²) in [5, 5.41) is 0. The summed E-state index contributed by atoms with van der Waals surface area (Å²) in [6.45, 7) is 8.25. The maximum absolute atomic E-state index is 12.8. The highest BCUT2D eigenvalue weighted by molar-refractivity contribution is 5.82. The number of hydrogen-bond acceptors (Lipinski definition) is 1. The van der Waals surface area contributed by atoms with E-state index in [-0.39, 0.29) is 17.2 Å². The zero-order chi connectivity index (χ0) is 11.2. The lowest BCUT2D eigenvalue weighted by Gasteiger charge is -2.28. The highest BCUT2D eigenvalue weighted by Crippen LogP contribution is 2.41. The zero-order valence-electron chi connectivity index (χ0n) is 9.79. The number of likely N-dealkylation sites (tertiary alicyclic amines) is 1. The van der Waals surface area contributed by atoms with Gasteiger partial charge in [-0.1, -0.05) is 20.8 Å². The van der Waals surface area contributed by atoms with Crippen LogP contribution >= 0.6 is 0 Å². The topological polar surface area (TPSA) is 20.3 Å². The molecule has 0 spiro atoms. The lowest BCUT2D eigenvalue weighted by atomic mass is 9.78. The molecular formula is C12H20FNO. The first-order chi connectivity index (χ1) is 6.94. The Labute approximate surface area is 90.8 Å². The molecule has 0 aromatic rings. The van der Waals surface area contributed by atoms with Gasteiger partial charge in [0.15, 0.2) is 0 Å². The Morgan fingerprint density at radius 1 is 1.53 bits per heavy atom. The van der Waals surface area contributed by atoms with Crippen LogP contribution in [0.2, 0.25) is 0 Å². The number of alkyl halides is 1. The summed E-state index contributed by atoms with van der Waals surface area (Å²) in [5.74, 6) is 0.321. The molecule has 2 rings (SSSR count). The van der Waals surface area contributed by atoms with Crippen molar-refractivity contribution in [2.75, 3.05) is 13.1 Å². The van der Waals surface area contributed by atoms with Gasteiger partial charge in [-0.3, -0.25) is 4.79 Å². The van der Waals surface area contributed by atoms with Crippen LogP contribution in [0.15, 0.2) is 0 Å². The van der Waals surface area contributed by atoms with Crippen molar-refractivity contribution in [2.24, 2.45) is 17.3 Å². The highest BCUT2D eigenvalue weighted by atomic mass is 19.1. The van der Waals surface area contributed by atoms with Gasteiger partial charge in [0, 0.05) is 13.1 Å². The van der Waals surface area contributed by atoms with Crippen molar-refractivity contribution < 1.29 is 9.18 Å². The number of carbonyl (C=O) groups excluding carboxylic acids is 1. The van der Waals surface area contributed by atoms with E-state index in [9.17, 15) is 9.18 Å². The van der Waals surface area contributed by atoms with E-state index in [1.807, 2.05) is 4.90 Å². The normalized spacial score (nSPS) is 39.9. The molecule has 3 atom stereocenters. The number of halogens is 1. The van der Waals surface area contributed by atoms with Crippen molar-refractivity contribution in [3.63, 3.8) is 0 Å². The Bertz CT molecular complexity index is 279. The summed E-state index contributed by atoms with van der Waals surface area (Å²) in [7, 11) is 0. The van der Waals surface area contributed by atoms with E-state index >= 15 is 0 Å². The van der Waals surface area contributed by atoms with E-state index < -0.39 is 6.17 Å². The van der Waals surface area contributed by atoms with Crippen LogP contribution in [0.4, 0.5) is 4.39 Å². The Hall–Kier alpha value is -0.600. The molecule has 2 aliphatic rings. The summed E-state index contributed by atoms with van der Waals surface area (Å²) in [6, 6.07) is 0. The number of amides is 1. The van der Waals surface area contributed by atoms with Crippen LogP contribution in [0.3, 0.4) is 0 Å². The van der Waals surface area contributed by atoms with Gasteiger partial charge >= 0.3 is 0 Å². The Balaban J connectivity index is 1.95. The maximum atomic E-state index is 12.8. The average molecular weight is 213 g/mol. The molecule has 1 amide bonds. The standard InChI is InChI=1S/C12H20FNO/c1-8(2)12(3)4-5-14(7-12)11(15)9-6-10(9)13/h8-10H,4-7H2,1-3H3/t9-,10-,12-/m0/s1. The van der Waals surface area contributed by atoms with Crippen LogP contribution < -0.4 is 0 Å². The van der Waals surface area contributed by atoms with Crippen molar-refractivity contribution in [1.29, 1.82) is 0 Å². The Morgan fingerprint density at radius 2 is 2.13 bits per heavy atom. The lowest BCUT2D eigenvalue weighted by molar-refractivity contribution is -0.132. The van der Waals surface area contributed by atoms with Gasteiger partial charge in [-0.25, -0.2) is 4.39 Å². The molecule has 2 fully saturated rings. The van der Waals surface area contributed by atoms with Crippen LogP contribution in [0, 0.1) is 17.3 Å². The minimum absolute atomic E-state index is 0.0480. The maximum Gasteiger partial charge on any atom is 0.228 e. The smallest absolute Gasteiger partial charge is 0.228 e. The second-order valence-electron chi connectivity index (χ2n) is 5.68. The summed E-state index contributed by atoms with van der Waals surface area (Å²) >= 11 is 0. The predicted molar refractivity (Wildman–Crippen MR) is 57.1 cm³/mol. The van der Waals surface area contributed by atoms with Gasteiger partial charge in [-0.15, -0.1) is 0 Å². The number of rotatable bonds is 2. The quantitative estimate of drug-likeness (QED) is 0.689. The first kappa shape index (κ1) is 10.9. The third kappa shape index (κ3) is 1.88. The molecule has 3 heteroatoms. The van der Waals surface area contributed by atoms with Crippen LogP contribution in [0.25, 0.3) is 0 Å². The number of hydrogen-bond donors (Lipinski definition) is 0. The fourth-order valence-corrected chi connectivity index (χ4v) is 2.30. The molecule has 0 radical (unpaired) electrons. The van der Waals surface area contributed by atoms with Gasteiger partial charge in [0.2, 0.25) is 5.91 Å². The fourth-order valence-electron chi connectivity index (χ4n) is 2.30. The van der Waals surface area contributed by atoms with E-state index in [1.165, 1.54) is 0 Å². The average Bonchev–Trinajstić information content (AvgIpc) is 2.73. The molecule has 1 aliphatic carbocycles. The third-order valence-corrected chi connectivity index (χ3v) is 4.24. The predicted octanol–water partition coefficient (Wildman–Crippen LogP) is 2.24. The first-order valence-electron chi connectivity index (χ1n) is 5.87. The number of carbonyl (C=O) groups is 1. The van der Waals surface area contributed by atoms with Gasteiger partial charge < -0.3 is 4.90 Å². The van der Waals surface area contributed by atoms with Crippen LogP contribution in [-0.4, -0.2) is 30.1 Å². The molecule has 0 N–H and O–H groups in total. The summed E-state index contributed by atoms with van der Waals surface area (Å²) in [5.41, 5.74) is 0.232.